The number of carbonyl (C=O) groups is 1. The number of methoxy groups -OCH3 is 1. The summed E-state index contributed by atoms with van der Waals surface area (Å²) in [5.74, 6) is -1.18. The zero-order valence-corrected chi connectivity index (χ0v) is 11.3. The van der Waals surface area contributed by atoms with E-state index in [1.54, 1.807) is 0 Å². The van der Waals surface area contributed by atoms with Gasteiger partial charge in [-0.05, 0) is 30.3 Å². The monoisotopic (exact) mass is 295 g/mol. The van der Waals surface area contributed by atoms with Gasteiger partial charge in [-0.3, -0.25) is 0 Å². The van der Waals surface area contributed by atoms with Crippen molar-refractivity contribution in [3.8, 4) is 11.5 Å². The Morgan fingerprint density at radius 3 is 2.65 bits per heavy atom. The average molecular weight is 296 g/mol. The molecule has 0 aliphatic heterocycles. The first-order valence-electron chi connectivity index (χ1n) is 5.62. The fraction of sp³-hybridized carbons (Fsp3) is 0.0714. The van der Waals surface area contributed by atoms with E-state index in [1.165, 1.54) is 43.5 Å². The third kappa shape index (κ3) is 3.00. The zero-order valence-electron chi connectivity index (χ0n) is 10.5. The van der Waals surface area contributed by atoms with Gasteiger partial charge in [0.1, 0.15) is 11.3 Å². The maximum absolute atomic E-state index is 13.6. The molecule has 0 atom stereocenters. The highest BCUT2D eigenvalue weighted by Gasteiger charge is 2.16. The van der Waals surface area contributed by atoms with Gasteiger partial charge in [0.15, 0.2) is 11.6 Å². The molecule has 0 spiro atoms. The van der Waals surface area contributed by atoms with Gasteiger partial charge in [-0.15, -0.1) is 0 Å². The Hall–Kier alpha value is -2.27. The molecule has 0 radical (unpaired) electrons. The summed E-state index contributed by atoms with van der Waals surface area (Å²) in [6.07, 6.45) is 0. The van der Waals surface area contributed by atoms with Crippen molar-refractivity contribution in [1.82, 2.24) is 0 Å². The molecule has 0 aliphatic carbocycles. The molecule has 6 heteroatoms. The molecule has 0 heterocycles. The van der Waals surface area contributed by atoms with Crippen molar-refractivity contribution in [2.24, 2.45) is 0 Å². The van der Waals surface area contributed by atoms with Crippen LogP contribution in [0.5, 0.6) is 11.5 Å². The van der Waals surface area contributed by atoms with E-state index in [-0.39, 0.29) is 17.1 Å². The number of nitrogens with two attached hydrogens (primary N) is 1. The smallest absolute Gasteiger partial charge is 0.341 e. The van der Waals surface area contributed by atoms with Crippen LogP contribution in [0.15, 0.2) is 36.4 Å². The van der Waals surface area contributed by atoms with E-state index in [1.807, 2.05) is 0 Å². The minimum absolute atomic E-state index is 0.0903. The quantitative estimate of drug-likeness (QED) is 0.693. The van der Waals surface area contributed by atoms with E-state index in [4.69, 9.17) is 22.1 Å². The summed E-state index contributed by atoms with van der Waals surface area (Å²) in [5, 5.41) is 0.316. The Morgan fingerprint density at radius 1 is 1.20 bits per heavy atom. The van der Waals surface area contributed by atoms with Crippen molar-refractivity contribution in [2.45, 2.75) is 0 Å². The summed E-state index contributed by atoms with van der Waals surface area (Å²) in [6.45, 7) is 0. The molecule has 0 fully saturated rings. The molecular weight excluding hydrogens is 285 g/mol. The Bertz CT molecular complexity index is 661. The fourth-order valence-corrected chi connectivity index (χ4v) is 1.74. The van der Waals surface area contributed by atoms with E-state index in [0.717, 1.165) is 0 Å². The van der Waals surface area contributed by atoms with Crippen molar-refractivity contribution in [1.29, 1.82) is 0 Å². The molecule has 2 aromatic carbocycles. The molecule has 0 aromatic heterocycles. The highest BCUT2D eigenvalue weighted by molar-refractivity contribution is 6.30. The van der Waals surface area contributed by atoms with Crippen molar-refractivity contribution in [3.05, 3.63) is 52.8 Å². The van der Waals surface area contributed by atoms with Crippen LogP contribution in [0.25, 0.3) is 0 Å². The lowest BCUT2D eigenvalue weighted by molar-refractivity contribution is 0.0598. The molecule has 0 amide bonds. The Kier molecular flexibility index (Phi) is 4.10. The summed E-state index contributed by atoms with van der Waals surface area (Å²) < 4.78 is 23.6. The van der Waals surface area contributed by atoms with Crippen LogP contribution in [-0.2, 0) is 4.74 Å². The second kappa shape index (κ2) is 5.79. The standard InChI is InChI=1S/C14H11ClFNO3/c1-19-14(18)10-7-9(17)3-5-12(10)20-13-6-8(15)2-4-11(13)16/h2-7H,17H2,1H3. The van der Waals surface area contributed by atoms with Crippen molar-refractivity contribution < 1.29 is 18.7 Å². The van der Waals surface area contributed by atoms with Gasteiger partial charge in [0, 0.05) is 16.8 Å². The Labute approximate surface area is 119 Å². The largest absolute Gasteiger partial charge is 0.465 e. The molecule has 0 saturated carbocycles. The number of halogens is 2. The van der Waals surface area contributed by atoms with Gasteiger partial charge in [-0.25, -0.2) is 9.18 Å². The number of rotatable bonds is 3. The highest BCUT2D eigenvalue weighted by atomic mass is 35.5. The van der Waals surface area contributed by atoms with Crippen molar-refractivity contribution in [3.63, 3.8) is 0 Å². The predicted octanol–water partition coefficient (Wildman–Crippen LogP) is 3.64. The van der Waals surface area contributed by atoms with Gasteiger partial charge < -0.3 is 15.2 Å². The summed E-state index contributed by atoms with van der Waals surface area (Å²) in [5.41, 5.74) is 6.08. The topological polar surface area (TPSA) is 61.5 Å². The summed E-state index contributed by atoms with van der Waals surface area (Å²) in [6, 6.07) is 8.27. The van der Waals surface area contributed by atoms with Gasteiger partial charge >= 0.3 is 5.97 Å². The molecule has 0 unspecified atom stereocenters. The number of hydrogen-bond acceptors (Lipinski definition) is 4. The maximum Gasteiger partial charge on any atom is 0.341 e. The maximum atomic E-state index is 13.6. The number of nitrogen functional groups attached to an aromatic ring is 1. The minimum Gasteiger partial charge on any atom is -0.465 e. The molecule has 20 heavy (non-hydrogen) atoms. The highest BCUT2D eigenvalue weighted by Crippen LogP contribution is 2.31. The lowest BCUT2D eigenvalue weighted by Gasteiger charge is -2.11. The van der Waals surface area contributed by atoms with E-state index in [0.29, 0.717) is 10.7 Å². The van der Waals surface area contributed by atoms with Gasteiger partial charge in [-0.2, -0.15) is 0 Å². The van der Waals surface area contributed by atoms with Crippen LogP contribution in [0.2, 0.25) is 5.02 Å². The lowest BCUT2D eigenvalue weighted by atomic mass is 10.2. The van der Waals surface area contributed by atoms with Crippen LogP contribution in [0.4, 0.5) is 10.1 Å². The zero-order chi connectivity index (χ0) is 14.7. The fourth-order valence-electron chi connectivity index (χ4n) is 1.58. The van der Waals surface area contributed by atoms with Crippen LogP contribution in [0.1, 0.15) is 10.4 Å². The van der Waals surface area contributed by atoms with Crippen molar-refractivity contribution >= 4 is 23.3 Å². The van der Waals surface area contributed by atoms with E-state index in [2.05, 4.69) is 4.74 Å². The minimum atomic E-state index is -0.630. The summed E-state index contributed by atoms with van der Waals surface area (Å²) in [4.78, 5) is 11.7. The van der Waals surface area contributed by atoms with Gasteiger partial charge in [0.05, 0.1) is 7.11 Å². The summed E-state index contributed by atoms with van der Waals surface area (Å²) in [7, 11) is 1.23. The number of hydrogen-bond donors (Lipinski definition) is 1. The van der Waals surface area contributed by atoms with E-state index >= 15 is 0 Å². The lowest BCUT2D eigenvalue weighted by Crippen LogP contribution is -2.05. The Morgan fingerprint density at radius 2 is 1.95 bits per heavy atom. The number of ether oxygens (including phenoxy) is 2. The number of benzene rings is 2. The summed E-state index contributed by atoms with van der Waals surface area (Å²) >= 11 is 5.78. The normalized spacial score (nSPS) is 10.2. The van der Waals surface area contributed by atoms with Gasteiger partial charge in [-0.1, -0.05) is 11.6 Å². The molecule has 104 valence electrons. The Balaban J connectivity index is 2.43. The molecule has 0 aliphatic rings. The predicted molar refractivity (Wildman–Crippen MR) is 73.7 cm³/mol. The van der Waals surface area contributed by atoms with Gasteiger partial charge in [0.2, 0.25) is 0 Å². The van der Waals surface area contributed by atoms with E-state index in [9.17, 15) is 9.18 Å². The van der Waals surface area contributed by atoms with Crippen molar-refractivity contribution in [2.75, 3.05) is 12.8 Å². The second-order valence-electron chi connectivity index (χ2n) is 3.92. The van der Waals surface area contributed by atoms with Crippen LogP contribution < -0.4 is 10.5 Å². The first-order valence-corrected chi connectivity index (χ1v) is 6.00. The van der Waals surface area contributed by atoms with Crippen LogP contribution in [0, 0.1) is 5.82 Å². The van der Waals surface area contributed by atoms with E-state index < -0.39 is 11.8 Å². The first-order chi connectivity index (χ1) is 9.51. The molecule has 2 N–H and O–H groups in total. The third-order valence-corrected chi connectivity index (χ3v) is 2.76. The SMILES string of the molecule is COC(=O)c1cc(N)ccc1Oc1cc(Cl)ccc1F. The first kappa shape index (κ1) is 14.1. The van der Waals surface area contributed by atoms with Gasteiger partial charge in [0.25, 0.3) is 0 Å². The molecular formula is C14H11ClFNO3. The number of carbonyl (C=O) groups excluding carboxylic acids is 1. The second-order valence-corrected chi connectivity index (χ2v) is 4.36. The molecule has 0 bridgehead atoms. The third-order valence-electron chi connectivity index (χ3n) is 2.52. The van der Waals surface area contributed by atoms with Crippen LogP contribution in [-0.4, -0.2) is 13.1 Å². The van der Waals surface area contributed by atoms with Crippen LogP contribution >= 0.6 is 11.6 Å². The van der Waals surface area contributed by atoms with Crippen LogP contribution in [0.3, 0.4) is 0 Å². The number of anilines is 1. The average Bonchev–Trinajstić information content (AvgIpc) is 2.43. The molecule has 2 rings (SSSR count). The molecule has 2 aromatic rings. The number of esters is 1. The molecule has 0 saturated heterocycles. The molecule has 4 nitrogen and oxygen atoms in total.